The Hall–Kier alpha value is -3.02. The Morgan fingerprint density at radius 3 is 2.47 bits per heavy atom. The molecule has 0 aliphatic rings. The summed E-state index contributed by atoms with van der Waals surface area (Å²) >= 11 is 0. The zero-order valence-electron chi connectivity index (χ0n) is 18.0. The van der Waals surface area contributed by atoms with Gasteiger partial charge in [-0.2, -0.15) is 0 Å². The molecule has 0 bridgehead atoms. The molecule has 5 nitrogen and oxygen atoms in total. The van der Waals surface area contributed by atoms with E-state index in [0.29, 0.717) is 12.6 Å². The Labute approximate surface area is 179 Å². The van der Waals surface area contributed by atoms with E-state index in [-0.39, 0.29) is 0 Å². The lowest BCUT2D eigenvalue weighted by Gasteiger charge is -2.10. The summed E-state index contributed by atoms with van der Waals surface area (Å²) in [6.45, 7) is 1.71. The molecule has 0 spiro atoms. The van der Waals surface area contributed by atoms with Crippen molar-refractivity contribution in [3.63, 3.8) is 0 Å². The molecule has 30 heavy (non-hydrogen) atoms. The number of hydrogen-bond acceptors (Lipinski definition) is 5. The largest absolute Gasteiger partial charge is 0.381 e. The van der Waals surface area contributed by atoms with Crippen LogP contribution in [0.3, 0.4) is 0 Å². The van der Waals surface area contributed by atoms with E-state index in [1.807, 2.05) is 18.2 Å². The number of ether oxygens (including phenoxy) is 1. The van der Waals surface area contributed by atoms with Crippen LogP contribution in [-0.2, 0) is 11.2 Å². The molecule has 156 valence electrons. The fourth-order valence-electron chi connectivity index (χ4n) is 3.11. The van der Waals surface area contributed by atoms with E-state index in [9.17, 15) is 0 Å². The van der Waals surface area contributed by atoms with E-state index in [1.165, 1.54) is 5.56 Å². The standard InChI is InChI=1S/C25H30N4O/c1-29(2)18-4-6-20-10-14-23(15-11-20)27-25-26-17-16-24(28-25)22-12-8-21(9-13-22)7-5-19-30-3/h5,7-17H,4,6,18-19H2,1-3H3,(H,26,27,28)/b7-5+. The quantitative estimate of drug-likeness (QED) is 0.515. The Morgan fingerprint density at radius 2 is 1.77 bits per heavy atom. The molecule has 0 amide bonds. The highest BCUT2D eigenvalue weighted by Gasteiger charge is 2.04. The van der Waals surface area contributed by atoms with Gasteiger partial charge in [0.1, 0.15) is 0 Å². The second kappa shape index (κ2) is 11.2. The maximum atomic E-state index is 5.04. The summed E-state index contributed by atoms with van der Waals surface area (Å²) in [5.41, 5.74) is 5.41. The lowest BCUT2D eigenvalue weighted by atomic mass is 10.1. The normalized spacial score (nSPS) is 11.3. The summed E-state index contributed by atoms with van der Waals surface area (Å²) in [5.74, 6) is 0.594. The summed E-state index contributed by atoms with van der Waals surface area (Å²) in [4.78, 5) is 11.2. The van der Waals surface area contributed by atoms with Gasteiger partial charge >= 0.3 is 0 Å². The van der Waals surface area contributed by atoms with Gasteiger partial charge < -0.3 is 15.0 Å². The topological polar surface area (TPSA) is 50.3 Å². The van der Waals surface area contributed by atoms with Crippen molar-refractivity contribution in [2.75, 3.05) is 39.7 Å². The number of aryl methyl sites for hydroxylation is 1. The summed E-state index contributed by atoms with van der Waals surface area (Å²) in [5, 5.41) is 3.31. The van der Waals surface area contributed by atoms with Gasteiger partial charge in [0.2, 0.25) is 5.95 Å². The molecule has 3 aromatic rings. The molecule has 0 aliphatic heterocycles. The maximum Gasteiger partial charge on any atom is 0.227 e. The number of rotatable bonds is 10. The van der Waals surface area contributed by atoms with Gasteiger partial charge in [-0.05, 0) is 62.8 Å². The molecule has 2 aromatic carbocycles. The van der Waals surface area contributed by atoms with E-state index in [1.54, 1.807) is 13.3 Å². The van der Waals surface area contributed by atoms with Crippen molar-refractivity contribution in [3.05, 3.63) is 78.0 Å². The summed E-state index contributed by atoms with van der Waals surface area (Å²) < 4.78 is 5.04. The monoisotopic (exact) mass is 402 g/mol. The number of nitrogens with one attached hydrogen (secondary N) is 1. The molecule has 1 heterocycles. The molecule has 0 saturated heterocycles. The van der Waals surface area contributed by atoms with Crippen molar-refractivity contribution < 1.29 is 4.74 Å². The molecule has 0 aliphatic carbocycles. The van der Waals surface area contributed by atoms with Crippen molar-refractivity contribution in [2.45, 2.75) is 12.8 Å². The molecule has 1 N–H and O–H groups in total. The van der Waals surface area contributed by atoms with E-state index >= 15 is 0 Å². The lowest BCUT2D eigenvalue weighted by molar-refractivity contribution is 0.234. The van der Waals surface area contributed by atoms with Crippen LogP contribution in [0.25, 0.3) is 17.3 Å². The Morgan fingerprint density at radius 1 is 1.00 bits per heavy atom. The molecule has 0 saturated carbocycles. The molecular weight excluding hydrogens is 372 g/mol. The number of benzene rings is 2. The maximum absolute atomic E-state index is 5.04. The molecule has 0 fully saturated rings. The van der Waals surface area contributed by atoms with E-state index in [2.05, 4.69) is 82.8 Å². The molecular formula is C25H30N4O. The second-order valence-electron chi connectivity index (χ2n) is 7.47. The van der Waals surface area contributed by atoms with Gasteiger partial charge in [-0.25, -0.2) is 9.97 Å². The van der Waals surface area contributed by atoms with Gasteiger partial charge in [-0.3, -0.25) is 0 Å². The average Bonchev–Trinajstić information content (AvgIpc) is 2.76. The van der Waals surface area contributed by atoms with Crippen LogP contribution < -0.4 is 5.32 Å². The fraction of sp³-hybridized carbons (Fsp3) is 0.280. The van der Waals surface area contributed by atoms with Crippen molar-refractivity contribution in [1.29, 1.82) is 0 Å². The number of aromatic nitrogens is 2. The van der Waals surface area contributed by atoms with Crippen LogP contribution in [0.4, 0.5) is 11.6 Å². The Bertz CT molecular complexity index is 934. The van der Waals surface area contributed by atoms with Crippen LogP contribution in [0, 0.1) is 0 Å². The molecule has 0 radical (unpaired) electrons. The summed E-state index contributed by atoms with van der Waals surface area (Å²) in [6, 6.07) is 18.7. The zero-order chi connectivity index (χ0) is 21.2. The molecule has 0 unspecified atom stereocenters. The van der Waals surface area contributed by atoms with Gasteiger partial charge in [0.25, 0.3) is 0 Å². The second-order valence-corrected chi connectivity index (χ2v) is 7.47. The zero-order valence-corrected chi connectivity index (χ0v) is 18.0. The van der Waals surface area contributed by atoms with Crippen molar-refractivity contribution in [1.82, 2.24) is 14.9 Å². The van der Waals surface area contributed by atoms with Crippen LogP contribution in [0.15, 0.2) is 66.9 Å². The third-order valence-corrected chi connectivity index (χ3v) is 4.72. The van der Waals surface area contributed by atoms with Gasteiger partial charge in [0.15, 0.2) is 0 Å². The van der Waals surface area contributed by atoms with Gasteiger partial charge in [0, 0.05) is 24.6 Å². The van der Waals surface area contributed by atoms with E-state index in [0.717, 1.165) is 41.9 Å². The molecule has 1 aromatic heterocycles. The van der Waals surface area contributed by atoms with Crippen LogP contribution in [-0.4, -0.2) is 49.2 Å². The number of methoxy groups -OCH3 is 1. The average molecular weight is 403 g/mol. The third kappa shape index (κ3) is 6.79. The van der Waals surface area contributed by atoms with Crippen molar-refractivity contribution >= 4 is 17.7 Å². The van der Waals surface area contributed by atoms with Crippen LogP contribution in [0.1, 0.15) is 17.5 Å². The van der Waals surface area contributed by atoms with Gasteiger partial charge in [-0.1, -0.05) is 48.6 Å². The number of anilines is 2. The lowest BCUT2D eigenvalue weighted by Crippen LogP contribution is -2.13. The van der Waals surface area contributed by atoms with Crippen LogP contribution in [0.2, 0.25) is 0 Å². The van der Waals surface area contributed by atoms with Gasteiger partial charge in [-0.15, -0.1) is 0 Å². The minimum absolute atomic E-state index is 0.594. The highest BCUT2D eigenvalue weighted by Crippen LogP contribution is 2.21. The third-order valence-electron chi connectivity index (χ3n) is 4.72. The smallest absolute Gasteiger partial charge is 0.227 e. The summed E-state index contributed by atoms with van der Waals surface area (Å²) in [7, 11) is 5.90. The van der Waals surface area contributed by atoms with E-state index in [4.69, 9.17) is 4.74 Å². The number of hydrogen-bond donors (Lipinski definition) is 1. The highest BCUT2D eigenvalue weighted by atomic mass is 16.5. The first-order valence-electron chi connectivity index (χ1n) is 10.2. The molecule has 0 atom stereocenters. The fourth-order valence-corrected chi connectivity index (χ4v) is 3.11. The first-order valence-corrected chi connectivity index (χ1v) is 10.2. The first-order chi connectivity index (χ1) is 14.6. The Balaban J connectivity index is 1.62. The van der Waals surface area contributed by atoms with Crippen molar-refractivity contribution in [2.24, 2.45) is 0 Å². The minimum atomic E-state index is 0.594. The van der Waals surface area contributed by atoms with Crippen molar-refractivity contribution in [3.8, 4) is 11.3 Å². The van der Waals surface area contributed by atoms with Crippen LogP contribution in [0.5, 0.6) is 0 Å². The Kier molecular flexibility index (Phi) is 8.12. The molecule has 3 rings (SSSR count). The first kappa shape index (κ1) is 21.7. The highest BCUT2D eigenvalue weighted by molar-refractivity contribution is 5.64. The predicted molar refractivity (Wildman–Crippen MR) is 125 cm³/mol. The van der Waals surface area contributed by atoms with E-state index < -0.39 is 0 Å². The number of nitrogens with zero attached hydrogens (tertiary/aromatic N) is 3. The summed E-state index contributed by atoms with van der Waals surface area (Å²) in [6.07, 6.45) is 8.07. The molecule has 5 heteroatoms. The van der Waals surface area contributed by atoms with Gasteiger partial charge in [0.05, 0.1) is 12.3 Å². The SMILES string of the molecule is COC/C=C/c1ccc(-c2ccnc(Nc3ccc(CCCN(C)C)cc3)n2)cc1. The minimum Gasteiger partial charge on any atom is -0.381 e. The predicted octanol–water partition coefficient (Wildman–Crippen LogP) is 5.04. The van der Waals surface area contributed by atoms with Crippen LogP contribution >= 0.6 is 0 Å².